The fraction of sp³-hybridized carbons (Fsp3) is 0.412. The van der Waals surface area contributed by atoms with Crippen molar-refractivity contribution in [3.63, 3.8) is 0 Å². The number of carbonyl (C=O) groups is 2. The van der Waals surface area contributed by atoms with Gasteiger partial charge in [0.25, 0.3) is 5.66 Å². The quantitative estimate of drug-likeness (QED) is 0.295. The van der Waals surface area contributed by atoms with Crippen LogP contribution < -0.4 is 5.32 Å². The summed E-state index contributed by atoms with van der Waals surface area (Å²) in [5.41, 5.74) is -1.72. The van der Waals surface area contributed by atoms with Crippen LogP contribution in [-0.2, 0) is 22.4 Å². The zero-order chi connectivity index (χ0) is 21.5. The molecule has 0 heterocycles. The van der Waals surface area contributed by atoms with Crippen LogP contribution in [0, 0.1) is 0 Å². The predicted octanol–water partition coefficient (Wildman–Crippen LogP) is 1.42. The average Bonchev–Trinajstić information content (AvgIpc) is 2.59. The normalized spacial score (nSPS) is 12.2. The molecule has 3 N–H and O–H groups in total. The third kappa shape index (κ3) is 8.23. The highest BCUT2D eigenvalue weighted by atomic mass is 35.5. The minimum Gasteiger partial charge on any atom is -0.426 e. The van der Waals surface area contributed by atoms with Crippen molar-refractivity contribution in [2.45, 2.75) is 31.4 Å². The maximum atomic E-state index is 13.2. The first-order chi connectivity index (χ1) is 13.0. The van der Waals surface area contributed by atoms with Crippen molar-refractivity contribution in [1.82, 2.24) is 10.2 Å². The Morgan fingerprint density at radius 1 is 1.46 bits per heavy atom. The lowest BCUT2D eigenvalue weighted by atomic mass is 9.76. The van der Waals surface area contributed by atoms with E-state index < -0.39 is 43.6 Å². The Balaban J connectivity index is 2.86. The Labute approximate surface area is 170 Å². The molecule has 1 aromatic carbocycles. The SMILES string of the molecule is C=CC(=O)N(CC(=O)NC(Cc1ccc(CC)cc1Cl)B(O)O)CC(F)(F)P. The maximum Gasteiger partial charge on any atom is 0.475 e. The van der Waals surface area contributed by atoms with E-state index in [9.17, 15) is 28.4 Å². The minimum absolute atomic E-state index is 0.00142. The lowest BCUT2D eigenvalue weighted by molar-refractivity contribution is -0.134. The number of aryl methyl sites for hydroxylation is 1. The van der Waals surface area contributed by atoms with Crippen LogP contribution in [0.5, 0.6) is 0 Å². The molecule has 11 heteroatoms. The summed E-state index contributed by atoms with van der Waals surface area (Å²) in [5, 5.41) is 21.9. The van der Waals surface area contributed by atoms with E-state index >= 15 is 0 Å². The van der Waals surface area contributed by atoms with Gasteiger partial charge in [-0.25, -0.2) is 8.78 Å². The van der Waals surface area contributed by atoms with Crippen LogP contribution in [-0.4, -0.2) is 58.6 Å². The first-order valence-electron chi connectivity index (χ1n) is 8.47. The van der Waals surface area contributed by atoms with Gasteiger partial charge in [0.2, 0.25) is 11.8 Å². The molecule has 6 nitrogen and oxygen atoms in total. The van der Waals surface area contributed by atoms with Crippen LogP contribution in [0.15, 0.2) is 30.9 Å². The Hall–Kier alpha value is -1.54. The second-order valence-electron chi connectivity index (χ2n) is 6.23. The summed E-state index contributed by atoms with van der Waals surface area (Å²) in [6, 6.07) is 5.28. The predicted molar refractivity (Wildman–Crippen MR) is 108 cm³/mol. The van der Waals surface area contributed by atoms with E-state index in [-0.39, 0.29) is 6.42 Å². The molecule has 28 heavy (non-hydrogen) atoms. The molecule has 0 aliphatic rings. The fourth-order valence-corrected chi connectivity index (χ4v) is 2.97. The molecule has 0 saturated heterocycles. The minimum atomic E-state index is -3.29. The van der Waals surface area contributed by atoms with E-state index in [0.29, 0.717) is 15.5 Å². The molecule has 2 amide bonds. The standard InChI is InChI=1S/C17H23BClF2N2O4P/c1-3-11-5-6-12(13(19)7-11)8-14(18(26)27)22-15(24)9-23(16(25)4-2)10-17(20,21)28/h4-7,14,26-27H,2-3,8-10,28H2,1H3,(H,22,24). The van der Waals surface area contributed by atoms with Crippen molar-refractivity contribution < 1.29 is 28.4 Å². The number of rotatable bonds is 10. The third-order valence-corrected chi connectivity index (χ3v) is 4.43. The second kappa shape index (κ2) is 10.9. The summed E-state index contributed by atoms with van der Waals surface area (Å²) in [7, 11) is -0.633. The zero-order valence-corrected chi connectivity index (χ0v) is 17.3. The van der Waals surface area contributed by atoms with Gasteiger partial charge in [0.05, 0.1) is 12.5 Å². The number of alkyl halides is 2. The van der Waals surface area contributed by atoms with Crippen molar-refractivity contribution in [2.24, 2.45) is 0 Å². The Kier molecular flexibility index (Phi) is 9.50. The number of carbonyl (C=O) groups excluding carboxylic acids is 2. The van der Waals surface area contributed by atoms with E-state index in [4.69, 9.17) is 11.6 Å². The van der Waals surface area contributed by atoms with Gasteiger partial charge in [-0.05, 0) is 36.1 Å². The van der Waals surface area contributed by atoms with Gasteiger partial charge in [0.15, 0.2) is 0 Å². The van der Waals surface area contributed by atoms with Crippen LogP contribution in [0.1, 0.15) is 18.1 Å². The van der Waals surface area contributed by atoms with E-state index in [1.54, 1.807) is 12.1 Å². The summed E-state index contributed by atoms with van der Waals surface area (Å²) >= 11 is 6.19. The first-order valence-corrected chi connectivity index (χ1v) is 9.43. The molecule has 2 atom stereocenters. The molecule has 0 aliphatic carbocycles. The molecule has 0 aliphatic heterocycles. The second-order valence-corrected chi connectivity index (χ2v) is 7.48. The molecular weight excluding hydrogens is 411 g/mol. The van der Waals surface area contributed by atoms with Gasteiger partial charge < -0.3 is 20.3 Å². The van der Waals surface area contributed by atoms with Crippen LogP contribution in [0.4, 0.5) is 8.78 Å². The van der Waals surface area contributed by atoms with Crippen molar-refractivity contribution in [1.29, 1.82) is 0 Å². The van der Waals surface area contributed by atoms with E-state index in [2.05, 4.69) is 11.9 Å². The highest BCUT2D eigenvalue weighted by Gasteiger charge is 2.31. The summed E-state index contributed by atoms with van der Waals surface area (Å²) in [4.78, 5) is 24.5. The van der Waals surface area contributed by atoms with E-state index in [1.807, 2.05) is 13.0 Å². The van der Waals surface area contributed by atoms with E-state index in [0.717, 1.165) is 18.1 Å². The lowest BCUT2D eigenvalue weighted by Crippen LogP contribution is -2.52. The summed E-state index contributed by atoms with van der Waals surface area (Å²) < 4.78 is 26.4. The number of hydrogen-bond donors (Lipinski definition) is 3. The number of halogens is 3. The number of benzene rings is 1. The largest absolute Gasteiger partial charge is 0.475 e. The van der Waals surface area contributed by atoms with Crippen LogP contribution >= 0.6 is 20.8 Å². The third-order valence-electron chi connectivity index (χ3n) is 3.89. The lowest BCUT2D eigenvalue weighted by Gasteiger charge is -2.25. The van der Waals surface area contributed by atoms with Gasteiger partial charge in [-0.15, -0.1) is 0 Å². The van der Waals surface area contributed by atoms with Crippen LogP contribution in [0.3, 0.4) is 0 Å². The van der Waals surface area contributed by atoms with Crippen molar-refractivity contribution in [2.75, 3.05) is 13.1 Å². The molecular formula is C17H23BClF2N2O4P. The fourth-order valence-electron chi connectivity index (χ4n) is 2.47. The molecule has 0 bridgehead atoms. The van der Waals surface area contributed by atoms with Gasteiger partial charge in [0.1, 0.15) is 6.54 Å². The van der Waals surface area contributed by atoms with Gasteiger partial charge in [0, 0.05) is 5.02 Å². The summed E-state index contributed by atoms with van der Waals surface area (Å²) in [5.74, 6) is -2.82. The molecule has 2 unspecified atom stereocenters. The van der Waals surface area contributed by atoms with Crippen molar-refractivity contribution >= 4 is 39.8 Å². The Bertz CT molecular complexity index is 719. The van der Waals surface area contributed by atoms with Gasteiger partial charge >= 0.3 is 7.12 Å². The van der Waals surface area contributed by atoms with Gasteiger partial charge in [-0.2, -0.15) is 0 Å². The Morgan fingerprint density at radius 3 is 2.57 bits per heavy atom. The zero-order valence-electron chi connectivity index (χ0n) is 15.4. The van der Waals surface area contributed by atoms with E-state index in [1.165, 1.54) is 9.24 Å². The van der Waals surface area contributed by atoms with Gasteiger partial charge in [-0.1, -0.05) is 46.5 Å². The number of hydrogen-bond acceptors (Lipinski definition) is 4. The molecule has 1 aromatic rings. The number of amides is 2. The smallest absolute Gasteiger partial charge is 0.426 e. The highest BCUT2D eigenvalue weighted by molar-refractivity contribution is 7.18. The highest BCUT2D eigenvalue weighted by Crippen LogP contribution is 2.23. The topological polar surface area (TPSA) is 89.9 Å². The molecule has 1 rings (SSSR count). The number of nitrogens with one attached hydrogen (secondary N) is 1. The molecule has 0 saturated carbocycles. The van der Waals surface area contributed by atoms with Gasteiger partial charge in [-0.3, -0.25) is 9.59 Å². The molecule has 0 radical (unpaired) electrons. The van der Waals surface area contributed by atoms with Crippen LogP contribution in [0.2, 0.25) is 5.02 Å². The average molecular weight is 435 g/mol. The van der Waals surface area contributed by atoms with Crippen molar-refractivity contribution in [3.8, 4) is 0 Å². The van der Waals surface area contributed by atoms with Crippen LogP contribution in [0.25, 0.3) is 0 Å². The molecule has 0 aromatic heterocycles. The number of nitrogens with zero attached hydrogens (tertiary/aromatic N) is 1. The maximum absolute atomic E-state index is 13.2. The molecule has 154 valence electrons. The Morgan fingerprint density at radius 2 is 2.11 bits per heavy atom. The molecule has 0 fully saturated rings. The monoisotopic (exact) mass is 434 g/mol. The first kappa shape index (κ1) is 24.5. The van der Waals surface area contributed by atoms with Crippen molar-refractivity contribution in [3.05, 3.63) is 47.0 Å². The summed E-state index contributed by atoms with van der Waals surface area (Å²) in [6.45, 7) is 3.48. The summed E-state index contributed by atoms with van der Waals surface area (Å²) in [6.07, 6.45) is 1.59. The molecule has 0 spiro atoms.